The Kier molecular flexibility index (Phi) is 5.63. The van der Waals surface area contributed by atoms with Gasteiger partial charge in [-0.2, -0.15) is 0 Å². The molecule has 0 bridgehead atoms. The number of halogens is 1. The number of amides is 1. The van der Waals surface area contributed by atoms with E-state index in [9.17, 15) is 21.8 Å². The van der Waals surface area contributed by atoms with Crippen LogP contribution in [0.3, 0.4) is 0 Å². The van der Waals surface area contributed by atoms with Gasteiger partial charge in [0.25, 0.3) is 0 Å². The van der Waals surface area contributed by atoms with Crippen LogP contribution in [-0.4, -0.2) is 42.0 Å². The van der Waals surface area contributed by atoms with Crippen molar-refractivity contribution in [3.63, 3.8) is 0 Å². The number of sulfone groups is 1. The van der Waals surface area contributed by atoms with Gasteiger partial charge in [-0.25, -0.2) is 12.8 Å². The number of hydrogen-bond acceptors (Lipinski definition) is 5. The lowest BCUT2D eigenvalue weighted by molar-refractivity contribution is -0.113. The van der Waals surface area contributed by atoms with Gasteiger partial charge in [-0.15, -0.1) is 0 Å². The Hall–Kier alpha value is -1.48. The maximum Gasteiger partial charge on any atom is 0.236 e. The maximum absolute atomic E-state index is 12.9. The molecule has 6 nitrogen and oxygen atoms in total. The highest BCUT2D eigenvalue weighted by Crippen LogP contribution is 2.16. The molecule has 1 atom stereocenters. The monoisotopic (exact) mass is 322 g/mol. The van der Waals surface area contributed by atoms with E-state index in [4.69, 9.17) is 5.73 Å². The number of hydrogen-bond donors (Lipinski definition) is 2. The van der Waals surface area contributed by atoms with Gasteiger partial charge in [-0.05, 0) is 18.2 Å². The molecule has 0 spiro atoms. The van der Waals surface area contributed by atoms with Crippen LogP contribution in [0.25, 0.3) is 0 Å². The third-order valence-electron chi connectivity index (χ3n) is 2.25. The van der Waals surface area contributed by atoms with Crippen molar-refractivity contribution in [2.45, 2.75) is 0 Å². The Morgan fingerprint density at radius 3 is 2.65 bits per heavy atom. The lowest BCUT2D eigenvalue weighted by atomic mass is 10.2. The van der Waals surface area contributed by atoms with Gasteiger partial charge in [0, 0.05) is 28.5 Å². The zero-order valence-corrected chi connectivity index (χ0v) is 12.4. The van der Waals surface area contributed by atoms with Crippen molar-refractivity contribution >= 4 is 37.9 Å². The smallest absolute Gasteiger partial charge is 0.236 e. The number of rotatable bonds is 6. The largest absolute Gasteiger partial charge is 0.396 e. The Labute approximate surface area is 118 Å². The molecule has 1 aromatic rings. The number of nitrogens with two attached hydrogens (primary N) is 1. The summed E-state index contributed by atoms with van der Waals surface area (Å²) in [6.45, 7) is 0. The minimum Gasteiger partial charge on any atom is -0.396 e. The highest BCUT2D eigenvalue weighted by molar-refractivity contribution is 7.92. The van der Waals surface area contributed by atoms with Gasteiger partial charge < -0.3 is 11.1 Å². The molecule has 0 fully saturated rings. The van der Waals surface area contributed by atoms with Crippen LogP contribution in [0.4, 0.5) is 15.8 Å². The number of nitrogens with one attached hydrogen (secondary N) is 1. The number of carbonyl (C=O) groups excluding carboxylic acids is 1. The topological polar surface area (TPSA) is 106 Å². The first kappa shape index (κ1) is 16.6. The summed E-state index contributed by atoms with van der Waals surface area (Å²) in [5, 5.41) is 2.41. The van der Waals surface area contributed by atoms with Crippen LogP contribution >= 0.6 is 0 Å². The zero-order valence-electron chi connectivity index (χ0n) is 10.8. The lowest BCUT2D eigenvalue weighted by Gasteiger charge is -2.06. The molecule has 0 aliphatic rings. The molecule has 9 heteroatoms. The normalized spacial score (nSPS) is 12.9. The Morgan fingerprint density at radius 2 is 2.10 bits per heavy atom. The molecule has 0 aliphatic heterocycles. The van der Waals surface area contributed by atoms with Gasteiger partial charge in [0.2, 0.25) is 5.91 Å². The van der Waals surface area contributed by atoms with E-state index >= 15 is 0 Å². The molecular weight excluding hydrogens is 307 g/mol. The van der Waals surface area contributed by atoms with Gasteiger partial charge in [0.15, 0.2) is 0 Å². The van der Waals surface area contributed by atoms with E-state index < -0.39 is 32.4 Å². The Morgan fingerprint density at radius 1 is 1.45 bits per heavy atom. The third-order valence-corrected chi connectivity index (χ3v) is 4.70. The molecule has 1 aromatic carbocycles. The second-order valence-electron chi connectivity index (χ2n) is 4.20. The maximum atomic E-state index is 12.9. The van der Waals surface area contributed by atoms with Gasteiger partial charge >= 0.3 is 0 Å². The van der Waals surface area contributed by atoms with E-state index in [1.165, 1.54) is 12.1 Å². The molecular formula is C11H15FN2O4S2. The summed E-state index contributed by atoms with van der Waals surface area (Å²) >= 11 is 0. The van der Waals surface area contributed by atoms with Crippen molar-refractivity contribution < 1.29 is 21.8 Å². The number of benzene rings is 1. The minimum absolute atomic E-state index is 0.0994. The van der Waals surface area contributed by atoms with E-state index in [-0.39, 0.29) is 28.6 Å². The minimum atomic E-state index is -3.21. The van der Waals surface area contributed by atoms with E-state index in [1.807, 2.05) is 0 Å². The van der Waals surface area contributed by atoms with Crippen LogP contribution in [0.2, 0.25) is 0 Å². The van der Waals surface area contributed by atoms with Gasteiger partial charge in [0.05, 0.1) is 11.4 Å². The number of nitrogen functional groups attached to an aromatic ring is 1. The quantitative estimate of drug-likeness (QED) is 0.725. The second kappa shape index (κ2) is 6.80. The standard InChI is InChI=1S/C11H15FN2O4S2/c1-20(17,18)5-4-19(16)7-11(15)14-8-2-3-9(12)10(13)6-8/h2-3,6H,4-5,7,13H2,1H3,(H,14,15). The van der Waals surface area contributed by atoms with Crippen LogP contribution in [0.15, 0.2) is 18.2 Å². The van der Waals surface area contributed by atoms with E-state index in [0.29, 0.717) is 0 Å². The second-order valence-corrected chi connectivity index (χ2v) is 8.04. The predicted octanol–water partition coefficient (Wildman–Crippen LogP) is 0.140. The van der Waals surface area contributed by atoms with Crippen LogP contribution in [0.1, 0.15) is 0 Å². The fourth-order valence-corrected chi connectivity index (χ4v) is 3.74. The molecule has 1 unspecified atom stereocenters. The van der Waals surface area contributed by atoms with Crippen molar-refractivity contribution in [3.05, 3.63) is 24.0 Å². The molecule has 20 heavy (non-hydrogen) atoms. The summed E-state index contributed by atoms with van der Waals surface area (Å²) in [5.74, 6) is -1.82. The van der Waals surface area contributed by atoms with E-state index in [2.05, 4.69) is 5.32 Å². The average Bonchev–Trinajstić information content (AvgIpc) is 2.30. The van der Waals surface area contributed by atoms with Crippen molar-refractivity contribution in [3.8, 4) is 0 Å². The Balaban J connectivity index is 2.51. The fraction of sp³-hybridized carbons (Fsp3) is 0.364. The van der Waals surface area contributed by atoms with Crippen molar-refractivity contribution in [1.82, 2.24) is 0 Å². The van der Waals surface area contributed by atoms with Crippen LogP contribution in [0.5, 0.6) is 0 Å². The van der Waals surface area contributed by atoms with Crippen LogP contribution < -0.4 is 11.1 Å². The first-order valence-electron chi connectivity index (χ1n) is 5.55. The Bertz CT molecular complexity index is 631. The SMILES string of the molecule is CS(=O)(=O)CCS(=O)CC(=O)Nc1ccc(F)c(N)c1. The molecule has 3 N–H and O–H groups in total. The first-order chi connectivity index (χ1) is 9.17. The van der Waals surface area contributed by atoms with Crippen LogP contribution in [0, 0.1) is 5.82 Å². The van der Waals surface area contributed by atoms with Crippen molar-refractivity contribution in [2.24, 2.45) is 0 Å². The summed E-state index contributed by atoms with van der Waals surface area (Å²) in [4.78, 5) is 11.6. The van der Waals surface area contributed by atoms with Gasteiger partial charge in [0.1, 0.15) is 21.4 Å². The molecule has 0 heterocycles. The summed E-state index contributed by atoms with van der Waals surface area (Å²) in [5.41, 5.74) is 5.52. The molecule has 0 radical (unpaired) electrons. The molecule has 1 amide bonds. The molecule has 0 aliphatic carbocycles. The van der Waals surface area contributed by atoms with Crippen LogP contribution in [-0.2, 0) is 25.4 Å². The van der Waals surface area contributed by atoms with E-state index in [1.54, 1.807) is 0 Å². The molecule has 0 saturated heterocycles. The molecule has 1 rings (SSSR count). The van der Waals surface area contributed by atoms with E-state index in [0.717, 1.165) is 12.3 Å². The summed E-state index contributed by atoms with van der Waals surface area (Å²) in [7, 11) is -4.78. The first-order valence-corrected chi connectivity index (χ1v) is 9.10. The van der Waals surface area contributed by atoms with Crippen molar-refractivity contribution in [1.29, 1.82) is 0 Å². The average molecular weight is 322 g/mol. The molecule has 0 saturated carbocycles. The van der Waals surface area contributed by atoms with Gasteiger partial charge in [-0.3, -0.25) is 9.00 Å². The van der Waals surface area contributed by atoms with Gasteiger partial charge in [-0.1, -0.05) is 0 Å². The summed E-state index contributed by atoms with van der Waals surface area (Å²) in [6.07, 6.45) is 1.03. The fourth-order valence-electron chi connectivity index (χ4n) is 1.28. The number of carbonyl (C=O) groups is 1. The molecule has 112 valence electrons. The predicted molar refractivity (Wildman–Crippen MR) is 77.0 cm³/mol. The number of anilines is 2. The van der Waals surface area contributed by atoms with Crippen molar-refractivity contribution in [2.75, 3.05) is 34.6 Å². The highest BCUT2D eigenvalue weighted by atomic mass is 32.2. The highest BCUT2D eigenvalue weighted by Gasteiger charge is 2.12. The lowest BCUT2D eigenvalue weighted by Crippen LogP contribution is -2.23. The summed E-state index contributed by atoms with van der Waals surface area (Å²) in [6, 6.07) is 3.67. The molecule has 0 aromatic heterocycles. The summed E-state index contributed by atoms with van der Waals surface area (Å²) < 4.78 is 46.2. The zero-order chi connectivity index (χ0) is 15.3. The third kappa shape index (κ3) is 6.11.